The summed E-state index contributed by atoms with van der Waals surface area (Å²) in [6, 6.07) is 15.0. The van der Waals surface area contributed by atoms with Crippen LogP contribution in [-0.4, -0.2) is 0 Å². The van der Waals surface area contributed by atoms with Crippen molar-refractivity contribution in [2.75, 3.05) is 0 Å². The van der Waals surface area contributed by atoms with Crippen LogP contribution in [0, 0.1) is 5.92 Å². The second-order valence-electron chi connectivity index (χ2n) is 5.42. The third-order valence-electron chi connectivity index (χ3n) is 4.18. The van der Waals surface area contributed by atoms with Crippen molar-refractivity contribution in [3.63, 3.8) is 0 Å². The summed E-state index contributed by atoms with van der Waals surface area (Å²) >= 11 is 6.67. The number of rotatable bonds is 3. The van der Waals surface area contributed by atoms with Crippen LogP contribution in [0.4, 0.5) is 0 Å². The van der Waals surface area contributed by atoms with Crippen LogP contribution in [0.1, 0.15) is 43.0 Å². The number of hydrogen-bond acceptors (Lipinski definition) is 0. The monoisotopic (exact) mass is 258 g/mol. The Labute approximate surface area is 114 Å². The van der Waals surface area contributed by atoms with Gasteiger partial charge in [0.25, 0.3) is 0 Å². The Hall–Kier alpha value is -1.01. The van der Waals surface area contributed by atoms with E-state index >= 15 is 0 Å². The molecule has 0 radical (unpaired) electrons. The first-order valence-corrected chi connectivity index (χ1v) is 7.40. The minimum atomic E-state index is 0.166. The zero-order valence-electron chi connectivity index (χ0n) is 10.6. The smallest absolute Gasteiger partial charge is 0.0593 e. The third kappa shape index (κ3) is 2.40. The fraction of sp³-hybridized carbons (Fsp3) is 0.412. The number of hydrogen-bond donors (Lipinski definition) is 0. The number of fused-ring (bicyclic) bond motifs is 1. The standard InChI is InChI=1S/C17H19Cl/c18-17(12-13-6-1-2-7-13)16-11-5-9-14-8-3-4-10-15(14)16/h3-5,8-11,13,17H,1-2,6-7,12H2. The van der Waals surface area contributed by atoms with Crippen molar-refractivity contribution >= 4 is 22.4 Å². The first kappa shape index (κ1) is 12.0. The highest BCUT2D eigenvalue weighted by atomic mass is 35.5. The molecular weight excluding hydrogens is 240 g/mol. The van der Waals surface area contributed by atoms with Crippen LogP contribution in [-0.2, 0) is 0 Å². The van der Waals surface area contributed by atoms with E-state index in [4.69, 9.17) is 11.6 Å². The number of halogens is 1. The molecule has 2 aromatic rings. The summed E-state index contributed by atoms with van der Waals surface area (Å²) in [7, 11) is 0. The quantitative estimate of drug-likeness (QED) is 0.620. The van der Waals surface area contributed by atoms with Gasteiger partial charge in [-0.05, 0) is 28.7 Å². The van der Waals surface area contributed by atoms with Crippen molar-refractivity contribution in [3.8, 4) is 0 Å². The summed E-state index contributed by atoms with van der Waals surface area (Å²) in [4.78, 5) is 0. The fourth-order valence-corrected chi connectivity index (χ4v) is 3.63. The van der Waals surface area contributed by atoms with Gasteiger partial charge in [0, 0.05) is 0 Å². The van der Waals surface area contributed by atoms with Crippen LogP contribution >= 0.6 is 11.6 Å². The van der Waals surface area contributed by atoms with Crippen molar-refractivity contribution < 1.29 is 0 Å². The minimum Gasteiger partial charge on any atom is -0.118 e. The Morgan fingerprint density at radius 2 is 1.72 bits per heavy atom. The molecule has 94 valence electrons. The van der Waals surface area contributed by atoms with Crippen molar-refractivity contribution in [1.29, 1.82) is 0 Å². The van der Waals surface area contributed by atoms with Crippen LogP contribution in [0.25, 0.3) is 10.8 Å². The lowest BCUT2D eigenvalue weighted by atomic mass is 9.94. The van der Waals surface area contributed by atoms with E-state index in [1.165, 1.54) is 42.0 Å². The van der Waals surface area contributed by atoms with Crippen molar-refractivity contribution in [2.24, 2.45) is 5.92 Å². The van der Waals surface area contributed by atoms with Gasteiger partial charge in [0.15, 0.2) is 0 Å². The van der Waals surface area contributed by atoms with E-state index in [0.717, 1.165) is 12.3 Å². The Morgan fingerprint density at radius 1 is 1.00 bits per heavy atom. The molecule has 18 heavy (non-hydrogen) atoms. The molecule has 1 aliphatic carbocycles. The van der Waals surface area contributed by atoms with Crippen LogP contribution in [0.2, 0.25) is 0 Å². The van der Waals surface area contributed by atoms with E-state index in [-0.39, 0.29) is 5.38 Å². The normalized spacial score (nSPS) is 18.3. The van der Waals surface area contributed by atoms with Crippen molar-refractivity contribution in [2.45, 2.75) is 37.5 Å². The SMILES string of the molecule is ClC(CC1CCCC1)c1cccc2ccccc12. The molecule has 0 aliphatic heterocycles. The highest BCUT2D eigenvalue weighted by molar-refractivity contribution is 6.21. The molecule has 2 aromatic carbocycles. The van der Waals surface area contributed by atoms with E-state index < -0.39 is 0 Å². The van der Waals surface area contributed by atoms with Gasteiger partial charge in [-0.25, -0.2) is 0 Å². The van der Waals surface area contributed by atoms with E-state index in [0.29, 0.717) is 0 Å². The van der Waals surface area contributed by atoms with Crippen LogP contribution in [0.15, 0.2) is 42.5 Å². The molecule has 0 N–H and O–H groups in total. The van der Waals surface area contributed by atoms with Gasteiger partial charge < -0.3 is 0 Å². The third-order valence-corrected chi connectivity index (χ3v) is 4.59. The molecule has 0 heterocycles. The molecule has 1 heteroatoms. The first-order chi connectivity index (χ1) is 8.84. The maximum atomic E-state index is 6.67. The van der Waals surface area contributed by atoms with Gasteiger partial charge in [-0.2, -0.15) is 0 Å². The molecular formula is C17H19Cl. The van der Waals surface area contributed by atoms with Gasteiger partial charge in [-0.15, -0.1) is 11.6 Å². The highest BCUT2D eigenvalue weighted by Gasteiger charge is 2.20. The molecule has 1 fully saturated rings. The average molecular weight is 259 g/mol. The van der Waals surface area contributed by atoms with Gasteiger partial charge in [-0.3, -0.25) is 0 Å². The predicted molar refractivity (Wildman–Crippen MR) is 79.1 cm³/mol. The van der Waals surface area contributed by atoms with Gasteiger partial charge >= 0.3 is 0 Å². The second-order valence-corrected chi connectivity index (χ2v) is 5.95. The van der Waals surface area contributed by atoms with Crippen LogP contribution in [0.3, 0.4) is 0 Å². The Bertz CT molecular complexity index is 521. The summed E-state index contributed by atoms with van der Waals surface area (Å²) in [5.41, 5.74) is 1.31. The zero-order chi connectivity index (χ0) is 12.4. The number of alkyl halides is 1. The van der Waals surface area contributed by atoms with Gasteiger partial charge in [0.2, 0.25) is 0 Å². The van der Waals surface area contributed by atoms with E-state index in [2.05, 4.69) is 42.5 Å². The molecule has 1 atom stereocenters. The Balaban J connectivity index is 1.88. The van der Waals surface area contributed by atoms with Crippen molar-refractivity contribution in [1.82, 2.24) is 0 Å². The molecule has 3 rings (SSSR count). The van der Waals surface area contributed by atoms with Crippen LogP contribution in [0.5, 0.6) is 0 Å². The lowest BCUT2D eigenvalue weighted by Crippen LogP contribution is -2.00. The maximum absolute atomic E-state index is 6.67. The molecule has 0 aromatic heterocycles. The Morgan fingerprint density at radius 3 is 2.56 bits per heavy atom. The second kappa shape index (κ2) is 5.32. The molecule has 1 aliphatic rings. The summed E-state index contributed by atoms with van der Waals surface area (Å²) in [5, 5.41) is 2.78. The summed E-state index contributed by atoms with van der Waals surface area (Å²) in [5.74, 6) is 0.839. The lowest BCUT2D eigenvalue weighted by Gasteiger charge is -2.16. The van der Waals surface area contributed by atoms with Gasteiger partial charge in [0.1, 0.15) is 0 Å². The molecule has 0 spiro atoms. The van der Waals surface area contributed by atoms with Gasteiger partial charge in [0.05, 0.1) is 5.38 Å². The van der Waals surface area contributed by atoms with E-state index in [1.807, 2.05) is 0 Å². The minimum absolute atomic E-state index is 0.166. The largest absolute Gasteiger partial charge is 0.118 e. The Kier molecular flexibility index (Phi) is 3.56. The van der Waals surface area contributed by atoms with Crippen molar-refractivity contribution in [3.05, 3.63) is 48.0 Å². The highest BCUT2D eigenvalue weighted by Crippen LogP contribution is 2.38. The molecule has 0 bridgehead atoms. The van der Waals surface area contributed by atoms with E-state index in [1.54, 1.807) is 0 Å². The van der Waals surface area contributed by atoms with Gasteiger partial charge in [-0.1, -0.05) is 68.1 Å². The van der Waals surface area contributed by atoms with Crippen LogP contribution < -0.4 is 0 Å². The topological polar surface area (TPSA) is 0 Å². The summed E-state index contributed by atoms with van der Waals surface area (Å²) < 4.78 is 0. The lowest BCUT2D eigenvalue weighted by molar-refractivity contribution is 0.496. The molecule has 1 unspecified atom stereocenters. The summed E-state index contributed by atoms with van der Waals surface area (Å²) in [6.45, 7) is 0. The zero-order valence-corrected chi connectivity index (χ0v) is 11.4. The fourth-order valence-electron chi connectivity index (χ4n) is 3.19. The first-order valence-electron chi connectivity index (χ1n) is 6.96. The average Bonchev–Trinajstić information content (AvgIpc) is 2.91. The van der Waals surface area contributed by atoms with E-state index in [9.17, 15) is 0 Å². The maximum Gasteiger partial charge on any atom is 0.0593 e. The molecule has 0 saturated heterocycles. The molecule has 0 amide bonds. The molecule has 1 saturated carbocycles. The predicted octanol–water partition coefficient (Wildman–Crippen LogP) is 5.70. The summed E-state index contributed by atoms with van der Waals surface area (Å²) in [6.07, 6.45) is 6.66. The number of benzene rings is 2. The molecule has 0 nitrogen and oxygen atoms in total.